The number of ether oxygens (including phenoxy) is 3. The number of carbonyl (C=O) groups is 1. The molecule has 2 aliphatic heterocycles. The predicted molar refractivity (Wildman–Crippen MR) is 102 cm³/mol. The Labute approximate surface area is 174 Å². The van der Waals surface area contributed by atoms with Gasteiger partial charge in [0.15, 0.2) is 29.6 Å². The van der Waals surface area contributed by atoms with E-state index in [0.717, 1.165) is 0 Å². The fraction of sp³-hybridized carbons (Fsp3) is 0.571. The highest BCUT2D eigenvalue weighted by Crippen LogP contribution is 2.66. The minimum absolute atomic E-state index is 0.0897. The van der Waals surface area contributed by atoms with Gasteiger partial charge in [-0.2, -0.15) is 14.7 Å². The molecule has 15 nitrogen and oxygen atoms in total. The molecule has 170 valence electrons. The molecule has 2 aliphatic rings. The van der Waals surface area contributed by atoms with Crippen LogP contribution in [0.5, 0.6) is 0 Å². The molecule has 2 fully saturated rings. The molecular weight excluding hydrogens is 460 g/mol. The Morgan fingerprint density at radius 2 is 1.87 bits per heavy atom. The zero-order valence-electron chi connectivity index (χ0n) is 16.1. The molecule has 2 aromatic rings. The van der Waals surface area contributed by atoms with Gasteiger partial charge in [0.2, 0.25) is 5.78 Å². The van der Waals surface area contributed by atoms with E-state index in [1.54, 1.807) is 13.8 Å². The van der Waals surface area contributed by atoms with Crippen LogP contribution in [-0.2, 0) is 23.6 Å². The van der Waals surface area contributed by atoms with Crippen LogP contribution in [0, 0.1) is 0 Å². The lowest BCUT2D eigenvalue weighted by atomic mass is 10.1. The van der Waals surface area contributed by atoms with Crippen molar-refractivity contribution in [3.63, 3.8) is 0 Å². The van der Waals surface area contributed by atoms with Crippen molar-refractivity contribution >= 4 is 38.3 Å². The third-order valence-electron chi connectivity index (χ3n) is 4.87. The van der Waals surface area contributed by atoms with Crippen LogP contribution in [0.15, 0.2) is 12.7 Å². The first-order valence-corrected chi connectivity index (χ1v) is 12.2. The summed E-state index contributed by atoms with van der Waals surface area (Å²) in [6, 6.07) is 0. The number of nitrogens with two attached hydrogens (primary N) is 1. The highest BCUT2D eigenvalue weighted by atomic mass is 31.3. The highest BCUT2D eigenvalue weighted by Gasteiger charge is 2.66. The van der Waals surface area contributed by atoms with Gasteiger partial charge in [-0.15, -0.1) is 0 Å². The number of carbonyl (C=O) groups excluding carboxylic acids is 1. The second-order valence-corrected chi connectivity index (χ2v) is 11.4. The summed E-state index contributed by atoms with van der Waals surface area (Å²) in [6.45, 7) is 3.11. The average Bonchev–Trinajstić information content (AvgIpc) is 3.23. The molecule has 2 saturated heterocycles. The molecule has 4 heterocycles. The molecule has 17 heteroatoms. The Kier molecular flexibility index (Phi) is 5.23. The van der Waals surface area contributed by atoms with Crippen LogP contribution >= 0.6 is 15.5 Å². The molecule has 2 aromatic heterocycles. The van der Waals surface area contributed by atoms with Crippen LogP contribution in [0.25, 0.3) is 11.2 Å². The van der Waals surface area contributed by atoms with Gasteiger partial charge in [-0.3, -0.25) is 13.9 Å². The Bertz CT molecular complexity index is 1080. The molecular formula is C14H20N5O10P2+. The Morgan fingerprint density at radius 1 is 1.23 bits per heavy atom. The van der Waals surface area contributed by atoms with E-state index in [1.807, 2.05) is 0 Å². The SMILES string of the molecule is CC1(C)O[C@@H]2[C@H](O1)[C@@H](C(=O)C(P(=O)(O)O)[P+](O)(O)O)O[C@H]2n1cnc2c(N)ncnc21. The zero-order chi connectivity index (χ0) is 22.9. The average molecular weight is 480 g/mol. The monoisotopic (exact) mass is 480 g/mol. The molecule has 5 atom stereocenters. The molecule has 0 bridgehead atoms. The lowest BCUT2D eigenvalue weighted by Crippen LogP contribution is -2.42. The normalized spacial score (nSPS) is 29.3. The lowest BCUT2D eigenvalue weighted by Gasteiger charge is -2.25. The molecule has 1 unspecified atom stereocenters. The topological polar surface area (TPSA) is 233 Å². The third-order valence-corrected chi connectivity index (χ3v) is 8.51. The van der Waals surface area contributed by atoms with Crippen molar-refractivity contribution < 1.29 is 48.0 Å². The molecule has 31 heavy (non-hydrogen) atoms. The third kappa shape index (κ3) is 3.87. The van der Waals surface area contributed by atoms with Gasteiger partial charge in [0, 0.05) is 0 Å². The first-order valence-electron chi connectivity index (χ1n) is 8.81. The van der Waals surface area contributed by atoms with E-state index < -0.39 is 57.0 Å². The van der Waals surface area contributed by atoms with Gasteiger partial charge < -0.3 is 29.7 Å². The molecule has 0 amide bonds. The zero-order valence-corrected chi connectivity index (χ0v) is 17.9. The van der Waals surface area contributed by atoms with Crippen LogP contribution < -0.4 is 5.73 Å². The van der Waals surface area contributed by atoms with E-state index in [4.69, 9.17) is 19.9 Å². The second kappa shape index (κ2) is 7.18. The van der Waals surface area contributed by atoms with E-state index in [2.05, 4.69) is 15.0 Å². The number of anilines is 1. The van der Waals surface area contributed by atoms with Gasteiger partial charge >= 0.3 is 20.9 Å². The summed E-state index contributed by atoms with van der Waals surface area (Å²) in [4.78, 5) is 72.6. The summed E-state index contributed by atoms with van der Waals surface area (Å²) < 4.78 is 30.4. The first-order chi connectivity index (χ1) is 14.2. The van der Waals surface area contributed by atoms with E-state index in [0.29, 0.717) is 0 Å². The van der Waals surface area contributed by atoms with E-state index in [9.17, 15) is 33.8 Å². The molecule has 7 N–H and O–H groups in total. The van der Waals surface area contributed by atoms with E-state index in [1.165, 1.54) is 17.2 Å². The second-order valence-electron chi connectivity index (χ2n) is 7.57. The Morgan fingerprint density at radius 3 is 2.48 bits per heavy atom. The van der Waals surface area contributed by atoms with E-state index >= 15 is 0 Å². The number of Topliss-reactive ketones (excluding diaryl/α,β-unsaturated/α-hetero) is 1. The number of nitrogens with zero attached hydrogens (tertiary/aromatic N) is 4. The van der Waals surface area contributed by atoms with Gasteiger partial charge in [0.1, 0.15) is 24.1 Å². The van der Waals surface area contributed by atoms with Crippen LogP contribution in [0.4, 0.5) is 5.82 Å². The Hall–Kier alpha value is -1.64. The molecule has 0 spiro atoms. The fourth-order valence-electron chi connectivity index (χ4n) is 3.77. The molecule has 0 aliphatic carbocycles. The summed E-state index contributed by atoms with van der Waals surface area (Å²) in [6.07, 6.45) is -2.49. The number of hydrogen-bond acceptors (Lipinski definition) is 12. The number of nitrogen functional groups attached to an aromatic ring is 1. The molecule has 0 radical (unpaired) electrons. The lowest BCUT2D eigenvalue weighted by molar-refractivity contribution is -0.196. The highest BCUT2D eigenvalue weighted by molar-refractivity contribution is 7.76. The van der Waals surface area contributed by atoms with Gasteiger partial charge in [-0.05, 0) is 13.8 Å². The van der Waals surface area contributed by atoms with Crippen LogP contribution in [0.2, 0.25) is 0 Å². The standard InChI is InChI=1S/C14H19N5O10P2/c1-14(2)28-8-7(6(20)13(30(21,22)23)31(24,25)26)27-12(9(8)29-14)19-4-18-5-10(15)16-3-17-11(5)19/h3-4,7-9,12-13,21-23H,1-2H3,(H3-,15,16,17,24,25,26)/p+1/t7-,8-,9-,12-,13?/m1/s1. The maximum absolute atomic E-state index is 12.9. The van der Waals surface area contributed by atoms with Crippen molar-refractivity contribution in [2.24, 2.45) is 0 Å². The van der Waals surface area contributed by atoms with Crippen LogP contribution in [-0.4, -0.2) is 79.3 Å². The number of aromatic nitrogens is 4. The van der Waals surface area contributed by atoms with Crippen molar-refractivity contribution in [1.29, 1.82) is 0 Å². The minimum Gasteiger partial charge on any atom is -0.382 e. The van der Waals surface area contributed by atoms with Crippen molar-refractivity contribution in [2.75, 3.05) is 5.73 Å². The first kappa shape index (κ1) is 22.6. The van der Waals surface area contributed by atoms with Crippen molar-refractivity contribution in [2.45, 2.75) is 49.6 Å². The predicted octanol–water partition coefficient (Wildman–Crippen LogP) is -1.36. The van der Waals surface area contributed by atoms with Gasteiger partial charge in [-0.25, -0.2) is 15.0 Å². The van der Waals surface area contributed by atoms with Crippen molar-refractivity contribution in [3.8, 4) is 0 Å². The number of imidazole rings is 1. The van der Waals surface area contributed by atoms with Crippen LogP contribution in [0.1, 0.15) is 20.1 Å². The molecule has 0 aromatic carbocycles. The minimum atomic E-state index is -5.48. The van der Waals surface area contributed by atoms with Gasteiger partial charge in [0.05, 0.1) is 6.33 Å². The maximum Gasteiger partial charge on any atom is 0.427 e. The number of hydrogen-bond donors (Lipinski definition) is 6. The number of ketones is 1. The smallest absolute Gasteiger partial charge is 0.382 e. The van der Waals surface area contributed by atoms with Gasteiger partial charge in [-0.1, -0.05) is 0 Å². The number of fused-ring (bicyclic) bond motifs is 2. The summed E-state index contributed by atoms with van der Waals surface area (Å²) in [5.74, 6) is -2.56. The summed E-state index contributed by atoms with van der Waals surface area (Å²) >= 11 is 0. The summed E-state index contributed by atoms with van der Waals surface area (Å²) in [7, 11) is -10.8. The quantitative estimate of drug-likeness (QED) is 0.271. The number of rotatable bonds is 5. The summed E-state index contributed by atoms with van der Waals surface area (Å²) in [5, 5.41) is -2.80. The largest absolute Gasteiger partial charge is 0.427 e. The van der Waals surface area contributed by atoms with E-state index in [-0.39, 0.29) is 17.0 Å². The van der Waals surface area contributed by atoms with Crippen molar-refractivity contribution in [1.82, 2.24) is 19.5 Å². The van der Waals surface area contributed by atoms with Gasteiger partial charge in [0.25, 0.3) is 0 Å². The molecule has 4 rings (SSSR count). The van der Waals surface area contributed by atoms with Crippen molar-refractivity contribution in [3.05, 3.63) is 12.7 Å². The summed E-state index contributed by atoms with van der Waals surface area (Å²) in [5.41, 5.74) is 6.26. The fourth-order valence-corrected chi connectivity index (χ4v) is 6.35. The van der Waals surface area contributed by atoms with Crippen LogP contribution in [0.3, 0.4) is 0 Å². The molecule has 0 saturated carbocycles. The maximum atomic E-state index is 12.9. The Balaban J connectivity index is 1.76.